The van der Waals surface area contributed by atoms with Gasteiger partial charge in [0.05, 0.1) is 12.5 Å². The molecular formula is C21H25N3O2. The molecule has 1 N–H and O–H groups in total. The summed E-state index contributed by atoms with van der Waals surface area (Å²) >= 11 is 0. The van der Waals surface area contributed by atoms with Gasteiger partial charge in [0.25, 0.3) is 0 Å². The average Bonchev–Trinajstić information content (AvgIpc) is 2.70. The summed E-state index contributed by atoms with van der Waals surface area (Å²) in [5, 5.41) is 12.2. The zero-order valence-electron chi connectivity index (χ0n) is 15.4. The molecular weight excluding hydrogens is 326 g/mol. The van der Waals surface area contributed by atoms with Crippen LogP contribution in [0.1, 0.15) is 30.5 Å². The van der Waals surface area contributed by atoms with Gasteiger partial charge in [-0.15, -0.1) is 0 Å². The van der Waals surface area contributed by atoms with Crippen molar-refractivity contribution in [2.24, 2.45) is 0 Å². The number of nitriles is 1. The lowest BCUT2D eigenvalue weighted by molar-refractivity contribution is 0.171. The largest absolute Gasteiger partial charge is 0.486 e. The van der Waals surface area contributed by atoms with Crippen LogP contribution in [-0.2, 0) is 6.54 Å². The van der Waals surface area contributed by atoms with E-state index in [4.69, 9.17) is 14.7 Å². The lowest BCUT2D eigenvalue weighted by atomic mass is 10.1. The van der Waals surface area contributed by atoms with Crippen LogP contribution in [-0.4, -0.2) is 26.8 Å². The maximum Gasteiger partial charge on any atom is 0.161 e. The second-order valence-corrected chi connectivity index (χ2v) is 6.50. The summed E-state index contributed by atoms with van der Waals surface area (Å²) in [5.41, 5.74) is 3.54. The maximum atomic E-state index is 8.69. The Morgan fingerprint density at radius 2 is 1.85 bits per heavy atom. The molecule has 3 rings (SSSR count). The van der Waals surface area contributed by atoms with Crippen molar-refractivity contribution < 1.29 is 9.47 Å². The lowest BCUT2D eigenvalue weighted by Crippen LogP contribution is -2.20. The van der Waals surface area contributed by atoms with Crippen molar-refractivity contribution in [3.8, 4) is 17.6 Å². The van der Waals surface area contributed by atoms with Crippen LogP contribution in [0.5, 0.6) is 11.5 Å². The van der Waals surface area contributed by atoms with Gasteiger partial charge in [0.15, 0.2) is 11.5 Å². The molecule has 0 amide bonds. The Kier molecular flexibility index (Phi) is 5.98. The van der Waals surface area contributed by atoms with Crippen LogP contribution in [0.3, 0.4) is 0 Å². The summed E-state index contributed by atoms with van der Waals surface area (Å²) in [6.45, 7) is 4.90. The van der Waals surface area contributed by atoms with Gasteiger partial charge >= 0.3 is 0 Å². The summed E-state index contributed by atoms with van der Waals surface area (Å²) in [7, 11) is 2.01. The molecule has 5 heteroatoms. The van der Waals surface area contributed by atoms with E-state index in [9.17, 15) is 0 Å². The van der Waals surface area contributed by atoms with E-state index >= 15 is 0 Å². The number of nitrogens with one attached hydrogen (secondary N) is 1. The van der Waals surface area contributed by atoms with Gasteiger partial charge in [-0.1, -0.05) is 18.2 Å². The van der Waals surface area contributed by atoms with Crippen molar-refractivity contribution in [1.29, 1.82) is 5.26 Å². The SMILES string of the molecule is C[C@H](NCc1ccc(N(C)CCC#N)cc1)c1ccc2c(c1)OCCO2. The Morgan fingerprint density at radius 1 is 1.12 bits per heavy atom. The predicted molar refractivity (Wildman–Crippen MR) is 103 cm³/mol. The van der Waals surface area contributed by atoms with Crippen LogP contribution >= 0.6 is 0 Å². The van der Waals surface area contributed by atoms with Gasteiger partial charge in [0.1, 0.15) is 13.2 Å². The summed E-state index contributed by atoms with van der Waals surface area (Å²) < 4.78 is 11.2. The number of fused-ring (bicyclic) bond motifs is 1. The van der Waals surface area contributed by atoms with E-state index < -0.39 is 0 Å². The molecule has 1 atom stereocenters. The molecule has 0 bridgehead atoms. The van der Waals surface area contributed by atoms with Crippen molar-refractivity contribution in [3.63, 3.8) is 0 Å². The van der Waals surface area contributed by atoms with Crippen LogP contribution in [0.4, 0.5) is 5.69 Å². The van der Waals surface area contributed by atoms with Gasteiger partial charge in [0.2, 0.25) is 0 Å². The topological polar surface area (TPSA) is 57.5 Å². The third kappa shape index (κ3) is 4.47. The molecule has 1 aliphatic heterocycles. The van der Waals surface area contributed by atoms with Crippen LogP contribution in [0.15, 0.2) is 42.5 Å². The third-order valence-corrected chi connectivity index (χ3v) is 4.61. The summed E-state index contributed by atoms with van der Waals surface area (Å²) in [4.78, 5) is 2.10. The molecule has 0 radical (unpaired) electrons. The van der Waals surface area contributed by atoms with Crippen LogP contribution < -0.4 is 19.7 Å². The molecule has 26 heavy (non-hydrogen) atoms. The Balaban J connectivity index is 1.56. The smallest absolute Gasteiger partial charge is 0.161 e. The van der Waals surface area contributed by atoms with Gasteiger partial charge in [-0.3, -0.25) is 0 Å². The number of nitrogens with zero attached hydrogens (tertiary/aromatic N) is 2. The first-order chi connectivity index (χ1) is 12.7. The Labute approximate surface area is 155 Å². The normalized spacial score (nSPS) is 13.7. The Bertz CT molecular complexity index is 768. The van der Waals surface area contributed by atoms with Crippen molar-refractivity contribution in [1.82, 2.24) is 5.32 Å². The molecule has 0 saturated carbocycles. The van der Waals surface area contributed by atoms with E-state index in [0.717, 1.165) is 30.3 Å². The molecule has 0 fully saturated rings. The highest BCUT2D eigenvalue weighted by molar-refractivity contribution is 5.47. The van der Waals surface area contributed by atoms with Crippen LogP contribution in [0, 0.1) is 11.3 Å². The Hall–Kier alpha value is -2.71. The molecule has 0 aromatic heterocycles. The summed E-state index contributed by atoms with van der Waals surface area (Å²) in [6, 6.07) is 17.0. The Morgan fingerprint density at radius 3 is 2.58 bits per heavy atom. The first-order valence-electron chi connectivity index (χ1n) is 8.97. The third-order valence-electron chi connectivity index (χ3n) is 4.61. The molecule has 1 heterocycles. The minimum Gasteiger partial charge on any atom is -0.486 e. The fourth-order valence-electron chi connectivity index (χ4n) is 2.93. The number of hydrogen-bond acceptors (Lipinski definition) is 5. The van der Waals surface area contributed by atoms with E-state index in [-0.39, 0.29) is 6.04 Å². The molecule has 5 nitrogen and oxygen atoms in total. The van der Waals surface area contributed by atoms with Crippen molar-refractivity contribution in [2.75, 3.05) is 31.7 Å². The second-order valence-electron chi connectivity index (χ2n) is 6.50. The standard InChI is InChI=1S/C21H25N3O2/c1-16(18-6-9-20-21(14-18)26-13-12-25-20)23-15-17-4-7-19(8-5-17)24(2)11-3-10-22/h4-9,14,16,23H,3,11-13,15H2,1-2H3/t16-/m0/s1. The summed E-state index contributed by atoms with van der Waals surface area (Å²) in [5.74, 6) is 1.65. The van der Waals surface area contributed by atoms with E-state index in [2.05, 4.69) is 59.6 Å². The number of anilines is 1. The molecule has 1 aliphatic rings. The highest BCUT2D eigenvalue weighted by Gasteiger charge is 2.14. The number of hydrogen-bond donors (Lipinski definition) is 1. The zero-order chi connectivity index (χ0) is 18.4. The number of ether oxygens (including phenoxy) is 2. The first kappa shape index (κ1) is 18.1. The highest BCUT2D eigenvalue weighted by Crippen LogP contribution is 2.32. The molecule has 0 saturated heterocycles. The molecule has 2 aromatic carbocycles. The van der Waals surface area contributed by atoms with E-state index in [1.807, 2.05) is 13.1 Å². The van der Waals surface area contributed by atoms with Crippen molar-refractivity contribution in [3.05, 3.63) is 53.6 Å². The predicted octanol–water partition coefficient (Wildman–Crippen LogP) is 3.66. The molecule has 0 unspecified atom stereocenters. The average molecular weight is 351 g/mol. The minimum atomic E-state index is 0.212. The zero-order valence-corrected chi connectivity index (χ0v) is 15.4. The number of benzene rings is 2. The van der Waals surface area contributed by atoms with Crippen molar-refractivity contribution in [2.45, 2.75) is 25.9 Å². The quantitative estimate of drug-likeness (QED) is 0.825. The highest BCUT2D eigenvalue weighted by atomic mass is 16.6. The molecule has 0 spiro atoms. The van der Waals surface area contributed by atoms with Gasteiger partial charge in [-0.2, -0.15) is 5.26 Å². The van der Waals surface area contributed by atoms with Crippen LogP contribution in [0.2, 0.25) is 0 Å². The number of rotatable bonds is 7. The summed E-state index contributed by atoms with van der Waals surface area (Å²) in [6.07, 6.45) is 0.535. The van der Waals surface area contributed by atoms with Gasteiger partial charge < -0.3 is 19.7 Å². The van der Waals surface area contributed by atoms with E-state index in [1.165, 1.54) is 11.1 Å². The molecule has 136 valence electrons. The monoisotopic (exact) mass is 351 g/mol. The second kappa shape index (κ2) is 8.59. The minimum absolute atomic E-state index is 0.212. The van der Waals surface area contributed by atoms with Gasteiger partial charge in [-0.05, 0) is 42.3 Å². The molecule has 0 aliphatic carbocycles. The van der Waals surface area contributed by atoms with Crippen molar-refractivity contribution >= 4 is 5.69 Å². The van der Waals surface area contributed by atoms with E-state index in [0.29, 0.717) is 19.6 Å². The fourth-order valence-corrected chi connectivity index (χ4v) is 2.93. The first-order valence-corrected chi connectivity index (χ1v) is 8.97. The lowest BCUT2D eigenvalue weighted by Gasteiger charge is -2.21. The fraction of sp³-hybridized carbons (Fsp3) is 0.381. The maximum absolute atomic E-state index is 8.69. The van der Waals surface area contributed by atoms with Gasteiger partial charge in [-0.25, -0.2) is 0 Å². The van der Waals surface area contributed by atoms with Crippen LogP contribution in [0.25, 0.3) is 0 Å². The van der Waals surface area contributed by atoms with Gasteiger partial charge in [0, 0.05) is 31.9 Å². The van der Waals surface area contributed by atoms with E-state index in [1.54, 1.807) is 0 Å². The molecule has 2 aromatic rings.